The van der Waals surface area contributed by atoms with Gasteiger partial charge in [-0.2, -0.15) is 0 Å². The number of likely N-dealkylation sites (tertiary alicyclic amines) is 1. The normalized spacial score (nSPS) is 31.9. The van der Waals surface area contributed by atoms with E-state index >= 15 is 0 Å². The van der Waals surface area contributed by atoms with Gasteiger partial charge in [0.2, 0.25) is 17.7 Å². The van der Waals surface area contributed by atoms with Gasteiger partial charge in [0, 0.05) is 31.4 Å². The second-order valence-corrected chi connectivity index (χ2v) is 14.1. The van der Waals surface area contributed by atoms with Crippen molar-refractivity contribution in [2.45, 2.75) is 83.2 Å². The number of anilines is 1. The van der Waals surface area contributed by atoms with Crippen LogP contribution < -0.4 is 10.6 Å². The summed E-state index contributed by atoms with van der Waals surface area (Å²) >= 11 is 0. The van der Waals surface area contributed by atoms with Crippen molar-refractivity contribution in [3.63, 3.8) is 0 Å². The molecule has 3 aliphatic heterocycles. The highest BCUT2D eigenvalue weighted by molar-refractivity contribution is 6.02. The van der Waals surface area contributed by atoms with Crippen LogP contribution in [0.1, 0.15) is 64.0 Å². The molecule has 2 aromatic carbocycles. The summed E-state index contributed by atoms with van der Waals surface area (Å²) in [5.41, 5.74) is 1.88. The van der Waals surface area contributed by atoms with Crippen molar-refractivity contribution < 1.29 is 19.1 Å². The smallest absolute Gasteiger partial charge is 0.246 e. The lowest BCUT2D eigenvalue weighted by Gasteiger charge is -2.38. The predicted octanol–water partition coefficient (Wildman–Crippen LogP) is 4.97. The number of ether oxygens (including phenoxy) is 1. The average Bonchev–Trinajstić information content (AvgIpc) is 3.66. The van der Waals surface area contributed by atoms with E-state index in [-0.39, 0.29) is 23.8 Å². The van der Waals surface area contributed by atoms with Crippen molar-refractivity contribution in [1.82, 2.24) is 15.1 Å². The minimum Gasteiger partial charge on any atom is -0.359 e. The number of carbonyl (C=O) groups is 3. The Bertz CT molecular complexity index is 1430. The zero-order valence-electron chi connectivity index (χ0n) is 27.2. The highest BCUT2D eigenvalue weighted by Gasteiger charge is 2.72. The van der Waals surface area contributed by atoms with Gasteiger partial charge in [0.25, 0.3) is 0 Å². The van der Waals surface area contributed by atoms with Gasteiger partial charge < -0.3 is 25.2 Å². The molecule has 0 radical (unpaired) electrons. The van der Waals surface area contributed by atoms with Crippen LogP contribution in [0.15, 0.2) is 66.7 Å². The number of nitrogens with zero attached hydrogens (tertiary/aromatic N) is 2. The largest absolute Gasteiger partial charge is 0.359 e. The molecule has 240 valence electrons. The number of carbonyl (C=O) groups excluding carboxylic acids is 3. The molecule has 3 heterocycles. The van der Waals surface area contributed by atoms with E-state index in [1.54, 1.807) is 4.90 Å². The van der Waals surface area contributed by atoms with Crippen molar-refractivity contribution in [3.8, 4) is 0 Å². The van der Waals surface area contributed by atoms with E-state index in [2.05, 4.69) is 55.4 Å². The van der Waals surface area contributed by atoms with E-state index in [0.717, 1.165) is 25.8 Å². The Morgan fingerprint density at radius 1 is 1.04 bits per heavy atom. The number of likely N-dealkylation sites (N-methyl/N-ethyl adjacent to an activating group) is 1. The molecule has 3 amide bonds. The van der Waals surface area contributed by atoms with Crippen molar-refractivity contribution in [2.24, 2.45) is 23.7 Å². The fourth-order valence-corrected chi connectivity index (χ4v) is 7.98. The maximum Gasteiger partial charge on any atom is 0.246 e. The number of fused-ring (bicyclic) bond motifs is 1. The third-order valence-electron chi connectivity index (χ3n) is 10.8. The van der Waals surface area contributed by atoms with Crippen LogP contribution >= 0.6 is 0 Å². The monoisotopic (exact) mass is 612 g/mol. The fraction of sp³-hybridized carbons (Fsp3) is 0.541. The molecule has 45 heavy (non-hydrogen) atoms. The fourth-order valence-electron chi connectivity index (χ4n) is 7.98. The number of rotatable bonds is 10. The molecule has 3 fully saturated rings. The van der Waals surface area contributed by atoms with Gasteiger partial charge in [0.15, 0.2) is 0 Å². The predicted molar refractivity (Wildman–Crippen MR) is 175 cm³/mol. The van der Waals surface area contributed by atoms with E-state index in [9.17, 15) is 14.4 Å². The van der Waals surface area contributed by atoms with Gasteiger partial charge >= 0.3 is 0 Å². The summed E-state index contributed by atoms with van der Waals surface area (Å²) in [6.45, 7) is 10.4. The van der Waals surface area contributed by atoms with Crippen molar-refractivity contribution in [1.29, 1.82) is 0 Å². The van der Waals surface area contributed by atoms with Crippen LogP contribution in [-0.4, -0.2) is 71.4 Å². The molecule has 6 rings (SSSR count). The molecule has 8 atom stereocenters. The van der Waals surface area contributed by atoms with Gasteiger partial charge in [-0.25, -0.2) is 0 Å². The molecule has 2 aromatic rings. The molecular weight excluding hydrogens is 564 g/mol. The Balaban J connectivity index is 1.25. The minimum absolute atomic E-state index is 0.0462. The molecule has 0 aromatic heterocycles. The number of nitrogens with one attached hydrogen (secondary N) is 2. The number of benzene rings is 2. The highest BCUT2D eigenvalue weighted by Crippen LogP contribution is 2.55. The summed E-state index contributed by atoms with van der Waals surface area (Å²) in [4.78, 5) is 46.4. The van der Waals surface area contributed by atoms with Gasteiger partial charge in [0.1, 0.15) is 11.6 Å². The lowest BCUT2D eigenvalue weighted by Crippen LogP contribution is -2.58. The molecule has 8 nitrogen and oxygen atoms in total. The van der Waals surface area contributed by atoms with Crippen LogP contribution in [0.4, 0.5) is 5.69 Å². The van der Waals surface area contributed by atoms with Crippen LogP contribution in [0.3, 0.4) is 0 Å². The first-order valence-electron chi connectivity index (χ1n) is 16.7. The van der Waals surface area contributed by atoms with Crippen molar-refractivity contribution in [3.05, 3.63) is 77.9 Å². The zero-order chi connectivity index (χ0) is 31.9. The summed E-state index contributed by atoms with van der Waals surface area (Å²) in [6.07, 6.45) is 6.38. The van der Waals surface area contributed by atoms with Gasteiger partial charge in [-0.05, 0) is 54.5 Å². The summed E-state index contributed by atoms with van der Waals surface area (Å²) in [7, 11) is 2.02. The van der Waals surface area contributed by atoms with Crippen LogP contribution in [0, 0.1) is 23.7 Å². The second kappa shape index (κ2) is 12.7. The standard InChI is InChI=1S/C37H48N4O4/c1-23(2)27-14-16-28(17-15-27)38-34(42)31-30-18-19-37(45-30)32(31)36(44)41(21-20-40(5)22-26-11-7-6-8-12-26)33(37)35(43)39-29-13-9-10-24(3)25(29)4/h6-8,11-12,14-19,23-25,29-33H,9-10,13,20-22H2,1-5H3,(H,38,42)(H,39,43)/t24-,25+,29+,30+,31-,32+,33+,37+/m0/s1. The Labute approximate surface area is 267 Å². The summed E-state index contributed by atoms with van der Waals surface area (Å²) in [5, 5.41) is 6.39. The Hall–Kier alpha value is -3.49. The maximum atomic E-state index is 14.4. The van der Waals surface area contributed by atoms with Gasteiger partial charge in [0.05, 0.1) is 17.9 Å². The van der Waals surface area contributed by atoms with Crippen molar-refractivity contribution >= 4 is 23.4 Å². The van der Waals surface area contributed by atoms with E-state index in [4.69, 9.17) is 4.74 Å². The Morgan fingerprint density at radius 3 is 2.49 bits per heavy atom. The van der Waals surface area contributed by atoms with Gasteiger partial charge in [-0.3, -0.25) is 14.4 Å². The third-order valence-corrected chi connectivity index (χ3v) is 10.8. The first-order valence-corrected chi connectivity index (χ1v) is 16.7. The van der Waals surface area contributed by atoms with E-state index < -0.39 is 29.6 Å². The summed E-state index contributed by atoms with van der Waals surface area (Å²) in [5.74, 6) is -0.856. The zero-order valence-corrected chi connectivity index (χ0v) is 27.2. The molecule has 1 saturated carbocycles. The van der Waals surface area contributed by atoms with E-state index in [0.29, 0.717) is 36.5 Å². The number of amides is 3. The average molecular weight is 613 g/mol. The van der Waals surface area contributed by atoms with Gasteiger partial charge in [-0.15, -0.1) is 0 Å². The Kier molecular flexibility index (Phi) is 8.90. The summed E-state index contributed by atoms with van der Waals surface area (Å²) < 4.78 is 6.57. The quantitative estimate of drug-likeness (QED) is 0.370. The molecule has 2 bridgehead atoms. The summed E-state index contributed by atoms with van der Waals surface area (Å²) in [6, 6.07) is 17.2. The SMILES string of the molecule is CC(C)c1ccc(NC(=O)[C@H]2[C@H]3C=C[C@@]4(O3)[C@H]2C(=O)N(CCN(C)Cc2ccccc2)[C@@H]4C(=O)N[C@@H]2CCC[C@H](C)[C@H]2C)cc1. The molecule has 1 aliphatic carbocycles. The lowest BCUT2D eigenvalue weighted by molar-refractivity contribution is -0.141. The Morgan fingerprint density at radius 2 is 1.78 bits per heavy atom. The molecule has 2 saturated heterocycles. The van der Waals surface area contributed by atoms with Crippen LogP contribution in [0.5, 0.6) is 0 Å². The molecule has 1 spiro atoms. The third kappa shape index (κ3) is 5.95. The molecule has 2 N–H and O–H groups in total. The van der Waals surface area contributed by atoms with E-state index in [1.165, 1.54) is 11.1 Å². The van der Waals surface area contributed by atoms with Crippen LogP contribution in [0.2, 0.25) is 0 Å². The first kappa shape index (κ1) is 31.5. The molecule has 8 heteroatoms. The van der Waals surface area contributed by atoms with Crippen LogP contribution in [0.25, 0.3) is 0 Å². The van der Waals surface area contributed by atoms with E-state index in [1.807, 2.05) is 61.7 Å². The molecular formula is C37H48N4O4. The van der Waals surface area contributed by atoms with Crippen molar-refractivity contribution in [2.75, 3.05) is 25.5 Å². The highest BCUT2D eigenvalue weighted by atomic mass is 16.5. The minimum atomic E-state index is -1.17. The first-order chi connectivity index (χ1) is 21.6. The molecule has 4 aliphatic rings. The molecule has 0 unspecified atom stereocenters. The number of hydrogen-bond donors (Lipinski definition) is 2. The topological polar surface area (TPSA) is 91.0 Å². The second-order valence-electron chi connectivity index (χ2n) is 14.1. The number of hydrogen-bond acceptors (Lipinski definition) is 5. The maximum absolute atomic E-state index is 14.4. The van der Waals surface area contributed by atoms with Gasteiger partial charge in [-0.1, -0.05) is 95.2 Å². The lowest BCUT2D eigenvalue weighted by atomic mass is 9.73. The van der Waals surface area contributed by atoms with Crippen LogP contribution in [-0.2, 0) is 25.7 Å².